The third kappa shape index (κ3) is 8.93. The van der Waals surface area contributed by atoms with Gasteiger partial charge in [-0.3, -0.25) is 4.98 Å². The van der Waals surface area contributed by atoms with Crippen molar-refractivity contribution in [3.63, 3.8) is 0 Å². The summed E-state index contributed by atoms with van der Waals surface area (Å²) in [4.78, 5) is 22.6. The van der Waals surface area contributed by atoms with Crippen LogP contribution >= 0.6 is 0 Å². The van der Waals surface area contributed by atoms with E-state index in [9.17, 15) is 4.79 Å². The standard InChI is InChI=1S/C18H31N5O2/c1-6-19-16(22-14-15-10-8-9-11-20-15)21-12-13-23(7-2)17(24)25-18(3,4)5/h8-11H,6-7,12-14H2,1-5H3,(H2,19,21,22). The number of amides is 1. The first-order chi connectivity index (χ1) is 11.9. The second-order valence-corrected chi connectivity index (χ2v) is 6.50. The Labute approximate surface area is 150 Å². The third-order valence-corrected chi connectivity index (χ3v) is 3.18. The molecule has 0 unspecified atom stereocenters. The maximum atomic E-state index is 12.1. The summed E-state index contributed by atoms with van der Waals surface area (Å²) >= 11 is 0. The molecular formula is C18H31N5O2. The number of carbonyl (C=O) groups excluding carboxylic acids is 1. The molecule has 0 atom stereocenters. The van der Waals surface area contributed by atoms with E-state index in [0.29, 0.717) is 32.1 Å². The summed E-state index contributed by atoms with van der Waals surface area (Å²) in [6.45, 7) is 12.5. The second-order valence-electron chi connectivity index (χ2n) is 6.50. The molecule has 0 aliphatic carbocycles. The number of ether oxygens (including phenoxy) is 1. The number of hydrogen-bond acceptors (Lipinski definition) is 4. The molecular weight excluding hydrogens is 318 g/mol. The topological polar surface area (TPSA) is 78.9 Å². The van der Waals surface area contributed by atoms with E-state index >= 15 is 0 Å². The molecule has 0 aromatic carbocycles. The van der Waals surface area contributed by atoms with Gasteiger partial charge in [-0.1, -0.05) is 6.07 Å². The highest BCUT2D eigenvalue weighted by Crippen LogP contribution is 2.09. The molecule has 0 bridgehead atoms. The minimum Gasteiger partial charge on any atom is -0.444 e. The predicted molar refractivity (Wildman–Crippen MR) is 101 cm³/mol. The maximum absolute atomic E-state index is 12.1. The van der Waals surface area contributed by atoms with E-state index in [0.717, 1.165) is 12.2 Å². The largest absolute Gasteiger partial charge is 0.444 e. The fourth-order valence-electron chi connectivity index (χ4n) is 2.01. The highest BCUT2D eigenvalue weighted by atomic mass is 16.6. The minimum absolute atomic E-state index is 0.299. The van der Waals surface area contributed by atoms with Crippen molar-refractivity contribution in [2.45, 2.75) is 46.8 Å². The summed E-state index contributed by atoms with van der Waals surface area (Å²) in [5.41, 5.74) is 0.417. The lowest BCUT2D eigenvalue weighted by Gasteiger charge is -2.26. The number of rotatable bonds is 7. The fraction of sp³-hybridized carbons (Fsp3) is 0.611. The van der Waals surface area contributed by atoms with Gasteiger partial charge in [0.25, 0.3) is 0 Å². The summed E-state index contributed by atoms with van der Waals surface area (Å²) < 4.78 is 5.41. The molecule has 0 radical (unpaired) electrons. The lowest BCUT2D eigenvalue weighted by Crippen LogP contribution is -2.44. The van der Waals surface area contributed by atoms with E-state index in [-0.39, 0.29) is 6.09 Å². The van der Waals surface area contributed by atoms with Crippen molar-refractivity contribution in [1.29, 1.82) is 0 Å². The molecule has 140 valence electrons. The summed E-state index contributed by atoms with van der Waals surface area (Å²) in [6.07, 6.45) is 1.46. The van der Waals surface area contributed by atoms with Crippen LogP contribution in [0.1, 0.15) is 40.3 Å². The number of guanidine groups is 1. The van der Waals surface area contributed by atoms with E-state index in [2.05, 4.69) is 20.6 Å². The summed E-state index contributed by atoms with van der Waals surface area (Å²) in [6, 6.07) is 5.76. The van der Waals surface area contributed by atoms with Gasteiger partial charge in [-0.05, 0) is 46.8 Å². The van der Waals surface area contributed by atoms with Crippen LogP contribution in [0, 0.1) is 0 Å². The summed E-state index contributed by atoms with van der Waals surface area (Å²) in [5, 5.41) is 6.42. The second kappa shape index (κ2) is 10.5. The number of nitrogens with one attached hydrogen (secondary N) is 2. The molecule has 0 aliphatic rings. The van der Waals surface area contributed by atoms with Crippen molar-refractivity contribution >= 4 is 12.1 Å². The number of aliphatic imine (C=N–C) groups is 1. The van der Waals surface area contributed by atoms with Crippen LogP contribution in [0.3, 0.4) is 0 Å². The van der Waals surface area contributed by atoms with E-state index in [1.807, 2.05) is 52.8 Å². The van der Waals surface area contributed by atoms with Gasteiger partial charge in [0.1, 0.15) is 5.60 Å². The molecule has 1 amide bonds. The van der Waals surface area contributed by atoms with Crippen molar-refractivity contribution in [3.05, 3.63) is 30.1 Å². The Morgan fingerprint density at radius 3 is 2.60 bits per heavy atom. The first-order valence-electron chi connectivity index (χ1n) is 8.75. The normalized spacial score (nSPS) is 11.8. The minimum atomic E-state index is -0.489. The van der Waals surface area contributed by atoms with Crippen LogP contribution in [-0.2, 0) is 11.3 Å². The molecule has 25 heavy (non-hydrogen) atoms. The molecule has 0 saturated heterocycles. The van der Waals surface area contributed by atoms with E-state index in [1.165, 1.54) is 0 Å². The van der Waals surface area contributed by atoms with Crippen LogP contribution in [-0.4, -0.2) is 53.7 Å². The number of likely N-dealkylation sites (N-methyl/N-ethyl adjacent to an activating group) is 1. The van der Waals surface area contributed by atoms with Crippen LogP contribution in [0.25, 0.3) is 0 Å². The Kier molecular flexibility index (Phi) is 8.74. The number of hydrogen-bond donors (Lipinski definition) is 2. The highest BCUT2D eigenvalue weighted by Gasteiger charge is 2.20. The lowest BCUT2D eigenvalue weighted by atomic mass is 10.2. The fourth-order valence-corrected chi connectivity index (χ4v) is 2.01. The zero-order chi connectivity index (χ0) is 18.7. The van der Waals surface area contributed by atoms with Crippen molar-refractivity contribution in [2.75, 3.05) is 26.2 Å². The molecule has 0 spiro atoms. The van der Waals surface area contributed by atoms with Crippen molar-refractivity contribution in [2.24, 2.45) is 4.99 Å². The Morgan fingerprint density at radius 2 is 2.04 bits per heavy atom. The van der Waals surface area contributed by atoms with Gasteiger partial charge < -0.3 is 20.3 Å². The van der Waals surface area contributed by atoms with Gasteiger partial charge in [0, 0.05) is 32.4 Å². The molecule has 1 aromatic rings. The number of carbonyl (C=O) groups is 1. The molecule has 7 nitrogen and oxygen atoms in total. The molecule has 0 fully saturated rings. The average Bonchev–Trinajstić information content (AvgIpc) is 2.55. The van der Waals surface area contributed by atoms with Gasteiger partial charge in [0.15, 0.2) is 5.96 Å². The van der Waals surface area contributed by atoms with Crippen molar-refractivity contribution in [1.82, 2.24) is 20.5 Å². The SMILES string of the molecule is CCNC(=NCc1ccccn1)NCCN(CC)C(=O)OC(C)(C)C. The van der Waals surface area contributed by atoms with E-state index in [4.69, 9.17) is 4.74 Å². The Hall–Kier alpha value is -2.31. The van der Waals surface area contributed by atoms with E-state index in [1.54, 1.807) is 11.1 Å². The van der Waals surface area contributed by atoms with Crippen LogP contribution < -0.4 is 10.6 Å². The van der Waals surface area contributed by atoms with Gasteiger partial charge in [0.2, 0.25) is 0 Å². The van der Waals surface area contributed by atoms with Crippen LogP contribution in [0.2, 0.25) is 0 Å². The number of nitrogens with zero attached hydrogens (tertiary/aromatic N) is 3. The lowest BCUT2D eigenvalue weighted by molar-refractivity contribution is 0.0264. The molecule has 1 aromatic heterocycles. The molecule has 0 saturated carbocycles. The van der Waals surface area contributed by atoms with Crippen molar-refractivity contribution < 1.29 is 9.53 Å². The van der Waals surface area contributed by atoms with Gasteiger partial charge in [0.05, 0.1) is 12.2 Å². The monoisotopic (exact) mass is 349 g/mol. The first kappa shape index (κ1) is 20.7. The van der Waals surface area contributed by atoms with E-state index < -0.39 is 5.60 Å². The summed E-state index contributed by atoms with van der Waals surface area (Å²) in [5.74, 6) is 0.702. The molecule has 1 rings (SSSR count). The maximum Gasteiger partial charge on any atom is 0.410 e. The van der Waals surface area contributed by atoms with Crippen molar-refractivity contribution in [3.8, 4) is 0 Å². The molecule has 1 heterocycles. The zero-order valence-corrected chi connectivity index (χ0v) is 16.0. The van der Waals surface area contributed by atoms with Gasteiger partial charge in [-0.2, -0.15) is 0 Å². The number of aromatic nitrogens is 1. The summed E-state index contributed by atoms with van der Waals surface area (Å²) in [7, 11) is 0. The number of pyridine rings is 1. The zero-order valence-electron chi connectivity index (χ0n) is 16.0. The quantitative estimate of drug-likeness (QED) is 0.584. The first-order valence-corrected chi connectivity index (χ1v) is 8.75. The molecule has 7 heteroatoms. The highest BCUT2D eigenvalue weighted by molar-refractivity contribution is 5.79. The molecule has 2 N–H and O–H groups in total. The average molecular weight is 349 g/mol. The Bertz CT molecular complexity index is 540. The van der Waals surface area contributed by atoms with Crippen LogP contribution in [0.5, 0.6) is 0 Å². The third-order valence-electron chi connectivity index (χ3n) is 3.18. The Balaban J connectivity index is 2.51. The van der Waals surface area contributed by atoms with Gasteiger partial charge in [-0.15, -0.1) is 0 Å². The van der Waals surface area contributed by atoms with Crippen LogP contribution in [0.15, 0.2) is 29.4 Å². The van der Waals surface area contributed by atoms with Crippen LogP contribution in [0.4, 0.5) is 4.79 Å². The predicted octanol–water partition coefficient (Wildman–Crippen LogP) is 2.39. The smallest absolute Gasteiger partial charge is 0.410 e. The Morgan fingerprint density at radius 1 is 1.28 bits per heavy atom. The molecule has 0 aliphatic heterocycles. The van der Waals surface area contributed by atoms with Gasteiger partial charge in [-0.25, -0.2) is 9.79 Å². The van der Waals surface area contributed by atoms with Gasteiger partial charge >= 0.3 is 6.09 Å².